The first-order valence-corrected chi connectivity index (χ1v) is 9.40. The van der Waals surface area contributed by atoms with Gasteiger partial charge in [0.25, 0.3) is 0 Å². The van der Waals surface area contributed by atoms with Crippen LogP contribution in [0.15, 0.2) is 47.4 Å². The van der Waals surface area contributed by atoms with Crippen molar-refractivity contribution in [3.63, 3.8) is 0 Å². The largest absolute Gasteiger partial charge is 0.417 e. The van der Waals surface area contributed by atoms with Crippen LogP contribution in [0.1, 0.15) is 11.1 Å². The monoisotopic (exact) mass is 431 g/mol. The molecule has 6 nitrogen and oxygen atoms in total. The van der Waals surface area contributed by atoms with Gasteiger partial charge in [-0.1, -0.05) is 23.7 Å². The Morgan fingerprint density at radius 1 is 1.25 bits per heavy atom. The number of nitriles is 1. The fourth-order valence-electron chi connectivity index (χ4n) is 2.26. The van der Waals surface area contributed by atoms with E-state index in [1.54, 1.807) is 6.07 Å². The van der Waals surface area contributed by atoms with Crippen molar-refractivity contribution >= 4 is 33.2 Å². The van der Waals surface area contributed by atoms with Gasteiger partial charge in [-0.25, -0.2) is 8.42 Å². The lowest BCUT2D eigenvalue weighted by Gasteiger charge is -2.18. The van der Waals surface area contributed by atoms with E-state index in [0.717, 1.165) is 19.2 Å². The van der Waals surface area contributed by atoms with Gasteiger partial charge in [0.15, 0.2) is 0 Å². The number of hydrogen-bond donors (Lipinski definition) is 1. The number of sulfonamides is 1. The van der Waals surface area contributed by atoms with Crippen molar-refractivity contribution in [3.05, 3.63) is 58.6 Å². The maximum absolute atomic E-state index is 12.9. The number of anilines is 1. The summed E-state index contributed by atoms with van der Waals surface area (Å²) < 4.78 is 64.5. The van der Waals surface area contributed by atoms with Gasteiger partial charge in [0.2, 0.25) is 15.9 Å². The van der Waals surface area contributed by atoms with Crippen molar-refractivity contribution in [3.8, 4) is 6.07 Å². The molecule has 28 heavy (non-hydrogen) atoms. The molecule has 2 aromatic rings. The number of hydrogen-bond acceptors (Lipinski definition) is 4. The number of carbonyl (C=O) groups excluding carboxylic acids is 1. The van der Waals surface area contributed by atoms with Crippen LogP contribution in [0.4, 0.5) is 18.9 Å². The predicted molar refractivity (Wildman–Crippen MR) is 96.1 cm³/mol. The molecule has 0 bridgehead atoms. The van der Waals surface area contributed by atoms with E-state index >= 15 is 0 Å². The van der Waals surface area contributed by atoms with Crippen molar-refractivity contribution < 1.29 is 26.4 Å². The summed E-state index contributed by atoms with van der Waals surface area (Å²) >= 11 is 5.51. The Balaban J connectivity index is 2.18. The van der Waals surface area contributed by atoms with E-state index in [9.17, 15) is 26.4 Å². The lowest BCUT2D eigenvalue weighted by Crippen LogP contribution is -2.35. The Kier molecular flexibility index (Phi) is 6.34. The highest BCUT2D eigenvalue weighted by Gasteiger charge is 2.33. The maximum Gasteiger partial charge on any atom is 0.417 e. The quantitative estimate of drug-likeness (QED) is 0.784. The summed E-state index contributed by atoms with van der Waals surface area (Å²) in [6.07, 6.45) is -4.71. The van der Waals surface area contributed by atoms with Crippen LogP contribution in [0.5, 0.6) is 0 Å². The molecule has 0 saturated heterocycles. The number of benzene rings is 2. The third-order valence-corrected chi connectivity index (χ3v) is 5.81. The highest BCUT2D eigenvalue weighted by Crippen LogP contribution is 2.36. The standard InChI is InChI=1S/C17H13ClF3N3O3S/c1-24(28(26,27)15-5-3-2-4-11(15)9-22)10-16(25)23-12-6-7-14(18)13(8-12)17(19,20)21/h2-8H,10H2,1H3,(H,23,25). The molecule has 148 valence electrons. The lowest BCUT2D eigenvalue weighted by molar-refractivity contribution is -0.137. The zero-order chi connectivity index (χ0) is 21.1. The zero-order valence-electron chi connectivity index (χ0n) is 14.3. The first-order valence-electron chi connectivity index (χ1n) is 7.59. The maximum atomic E-state index is 12.9. The molecule has 1 amide bonds. The van der Waals surface area contributed by atoms with Crippen molar-refractivity contribution in [2.24, 2.45) is 0 Å². The van der Waals surface area contributed by atoms with Crippen LogP contribution in [-0.4, -0.2) is 32.2 Å². The minimum atomic E-state index is -4.71. The molecule has 0 radical (unpaired) electrons. The summed E-state index contributed by atoms with van der Waals surface area (Å²) in [5.74, 6) is -0.865. The van der Waals surface area contributed by atoms with Crippen LogP contribution >= 0.6 is 11.6 Å². The van der Waals surface area contributed by atoms with Gasteiger partial charge >= 0.3 is 6.18 Å². The van der Waals surface area contributed by atoms with E-state index in [1.807, 2.05) is 0 Å². The smallest absolute Gasteiger partial charge is 0.325 e. The summed E-state index contributed by atoms with van der Waals surface area (Å²) in [6, 6.07) is 9.99. The molecular weight excluding hydrogens is 419 g/mol. The van der Waals surface area contributed by atoms with Gasteiger partial charge in [0.1, 0.15) is 6.07 Å². The fraction of sp³-hybridized carbons (Fsp3) is 0.176. The van der Waals surface area contributed by atoms with Gasteiger partial charge in [0, 0.05) is 12.7 Å². The molecule has 0 spiro atoms. The lowest BCUT2D eigenvalue weighted by atomic mass is 10.2. The molecule has 2 rings (SSSR count). The van der Waals surface area contributed by atoms with Gasteiger partial charge in [-0.15, -0.1) is 0 Å². The molecule has 0 fully saturated rings. The van der Waals surface area contributed by atoms with Gasteiger partial charge in [0.05, 0.1) is 27.6 Å². The molecule has 0 aliphatic rings. The average molecular weight is 432 g/mol. The van der Waals surface area contributed by atoms with Crippen LogP contribution in [0, 0.1) is 11.3 Å². The molecular formula is C17H13ClF3N3O3S. The number of nitrogens with one attached hydrogen (secondary N) is 1. The van der Waals surface area contributed by atoms with Gasteiger partial charge < -0.3 is 5.32 Å². The predicted octanol–water partition coefficient (Wildman–Crippen LogP) is 3.49. The van der Waals surface area contributed by atoms with Crippen molar-refractivity contribution in [2.75, 3.05) is 18.9 Å². The van der Waals surface area contributed by atoms with Crippen LogP contribution in [-0.2, 0) is 21.0 Å². The van der Waals surface area contributed by atoms with Gasteiger partial charge in [-0.05, 0) is 30.3 Å². The zero-order valence-corrected chi connectivity index (χ0v) is 15.9. The molecule has 11 heteroatoms. The number of carbonyl (C=O) groups is 1. The summed E-state index contributed by atoms with van der Waals surface area (Å²) in [6.45, 7) is -0.675. The number of rotatable bonds is 5. The summed E-state index contributed by atoms with van der Waals surface area (Å²) in [5, 5.41) is 10.7. The van der Waals surface area contributed by atoms with Crippen molar-refractivity contribution in [1.82, 2.24) is 4.31 Å². The highest BCUT2D eigenvalue weighted by molar-refractivity contribution is 7.89. The van der Waals surface area contributed by atoms with Crippen LogP contribution in [0.3, 0.4) is 0 Å². The molecule has 0 heterocycles. The Hall–Kier alpha value is -2.61. The van der Waals surface area contributed by atoms with Crippen molar-refractivity contribution in [1.29, 1.82) is 5.26 Å². The minimum Gasteiger partial charge on any atom is -0.325 e. The second kappa shape index (κ2) is 8.18. The van der Waals surface area contributed by atoms with E-state index in [4.69, 9.17) is 16.9 Å². The Bertz CT molecular complexity index is 1050. The third kappa shape index (κ3) is 4.81. The Labute approximate surface area is 164 Å². The first kappa shape index (κ1) is 21.7. The normalized spacial score (nSPS) is 11.9. The van der Waals surface area contributed by atoms with Gasteiger partial charge in [-0.3, -0.25) is 4.79 Å². The minimum absolute atomic E-state index is 0.0951. The second-order valence-corrected chi connectivity index (χ2v) is 8.03. The van der Waals surface area contributed by atoms with Crippen molar-refractivity contribution in [2.45, 2.75) is 11.1 Å². The molecule has 1 N–H and O–H groups in total. The number of likely N-dealkylation sites (N-methyl/N-ethyl adjacent to an activating group) is 1. The topological polar surface area (TPSA) is 90.3 Å². The Morgan fingerprint density at radius 3 is 2.50 bits per heavy atom. The summed E-state index contributed by atoms with van der Waals surface area (Å²) in [7, 11) is -3.04. The van der Waals surface area contributed by atoms with Crippen LogP contribution in [0.2, 0.25) is 5.02 Å². The number of halogens is 4. The molecule has 0 aromatic heterocycles. The van der Waals surface area contributed by atoms with Crippen LogP contribution < -0.4 is 5.32 Å². The van der Waals surface area contributed by atoms with Crippen LogP contribution in [0.25, 0.3) is 0 Å². The number of nitrogens with zero attached hydrogens (tertiary/aromatic N) is 2. The molecule has 0 unspecified atom stereocenters. The molecule has 2 aromatic carbocycles. The summed E-state index contributed by atoms with van der Waals surface area (Å²) in [4.78, 5) is 11.8. The highest BCUT2D eigenvalue weighted by atomic mass is 35.5. The van der Waals surface area contributed by atoms with E-state index < -0.39 is 39.2 Å². The van der Waals surface area contributed by atoms with E-state index in [2.05, 4.69) is 5.32 Å². The SMILES string of the molecule is CN(CC(=O)Nc1ccc(Cl)c(C(F)(F)F)c1)S(=O)(=O)c1ccccc1C#N. The fourth-order valence-corrected chi connectivity index (χ4v) is 3.75. The molecule has 0 aliphatic carbocycles. The Morgan fingerprint density at radius 2 is 1.89 bits per heavy atom. The first-order chi connectivity index (χ1) is 13.0. The van der Waals surface area contributed by atoms with E-state index in [-0.39, 0.29) is 16.1 Å². The molecule has 0 saturated carbocycles. The van der Waals surface area contributed by atoms with E-state index in [1.165, 1.54) is 24.3 Å². The van der Waals surface area contributed by atoms with Gasteiger partial charge in [-0.2, -0.15) is 22.7 Å². The second-order valence-electron chi connectivity index (χ2n) is 5.61. The van der Waals surface area contributed by atoms with E-state index in [0.29, 0.717) is 10.4 Å². The molecule has 0 aliphatic heterocycles. The average Bonchev–Trinajstić information content (AvgIpc) is 2.62. The summed E-state index contributed by atoms with van der Waals surface area (Å²) in [5.41, 5.74) is -1.41. The number of amides is 1. The number of alkyl halides is 3. The molecule has 0 atom stereocenters. The third-order valence-electron chi connectivity index (χ3n) is 3.62.